The van der Waals surface area contributed by atoms with Crippen molar-refractivity contribution in [1.82, 2.24) is 9.78 Å². The molecule has 0 saturated heterocycles. The summed E-state index contributed by atoms with van der Waals surface area (Å²) in [4.78, 5) is 12.6. The Morgan fingerprint density at radius 1 is 1.15 bits per heavy atom. The van der Waals surface area contributed by atoms with Crippen LogP contribution in [0.4, 0.5) is 5.69 Å². The molecule has 0 unspecified atom stereocenters. The third kappa shape index (κ3) is 3.69. The van der Waals surface area contributed by atoms with E-state index >= 15 is 0 Å². The van der Waals surface area contributed by atoms with Gasteiger partial charge in [-0.3, -0.25) is 9.48 Å². The molecule has 1 aromatic heterocycles. The summed E-state index contributed by atoms with van der Waals surface area (Å²) in [6, 6.07) is 16.7. The SMILES string of the molecule is CCOc1ccccc1NC(=O)c1cc(-c2cccc(OC)c2)n(C)n1. The molecule has 0 aliphatic rings. The van der Waals surface area contributed by atoms with E-state index in [1.807, 2.05) is 49.4 Å². The van der Waals surface area contributed by atoms with Crippen LogP contribution in [0, 0.1) is 0 Å². The number of carbonyl (C=O) groups excluding carboxylic acids is 1. The van der Waals surface area contributed by atoms with Crippen molar-refractivity contribution < 1.29 is 14.3 Å². The maximum absolute atomic E-state index is 12.6. The summed E-state index contributed by atoms with van der Waals surface area (Å²) in [5.74, 6) is 1.09. The zero-order valence-electron chi connectivity index (χ0n) is 15.0. The van der Waals surface area contributed by atoms with Gasteiger partial charge in [0, 0.05) is 12.6 Å². The van der Waals surface area contributed by atoms with Crippen LogP contribution in [-0.2, 0) is 7.05 Å². The summed E-state index contributed by atoms with van der Waals surface area (Å²) in [5, 5.41) is 7.20. The normalized spacial score (nSPS) is 10.4. The first-order valence-corrected chi connectivity index (χ1v) is 8.34. The van der Waals surface area contributed by atoms with Crippen molar-refractivity contribution >= 4 is 11.6 Å². The van der Waals surface area contributed by atoms with E-state index in [0.29, 0.717) is 23.7 Å². The van der Waals surface area contributed by atoms with Crippen LogP contribution >= 0.6 is 0 Å². The number of amides is 1. The molecule has 6 heteroatoms. The zero-order valence-corrected chi connectivity index (χ0v) is 15.0. The fraction of sp³-hybridized carbons (Fsp3) is 0.200. The Balaban J connectivity index is 1.85. The fourth-order valence-corrected chi connectivity index (χ4v) is 2.67. The van der Waals surface area contributed by atoms with Gasteiger partial charge in [0.05, 0.1) is 25.1 Å². The van der Waals surface area contributed by atoms with Crippen molar-refractivity contribution in [1.29, 1.82) is 0 Å². The maximum atomic E-state index is 12.6. The number of nitrogens with zero attached hydrogens (tertiary/aromatic N) is 2. The van der Waals surface area contributed by atoms with Crippen LogP contribution in [0.5, 0.6) is 11.5 Å². The van der Waals surface area contributed by atoms with E-state index in [2.05, 4.69) is 10.4 Å². The van der Waals surface area contributed by atoms with Gasteiger partial charge in [0.25, 0.3) is 5.91 Å². The molecule has 0 fully saturated rings. The molecule has 6 nitrogen and oxygen atoms in total. The van der Waals surface area contributed by atoms with Gasteiger partial charge in [-0.1, -0.05) is 24.3 Å². The number of hydrogen-bond donors (Lipinski definition) is 1. The topological polar surface area (TPSA) is 65.4 Å². The molecular formula is C20H21N3O3. The van der Waals surface area contributed by atoms with Crippen LogP contribution in [0.15, 0.2) is 54.6 Å². The highest BCUT2D eigenvalue weighted by atomic mass is 16.5. The lowest BCUT2D eigenvalue weighted by Crippen LogP contribution is -2.14. The minimum atomic E-state index is -0.290. The van der Waals surface area contributed by atoms with Crippen LogP contribution in [-0.4, -0.2) is 29.4 Å². The molecule has 1 amide bonds. The summed E-state index contributed by atoms with van der Waals surface area (Å²) in [6.07, 6.45) is 0. The lowest BCUT2D eigenvalue weighted by Gasteiger charge is -2.10. The molecule has 0 radical (unpaired) electrons. The lowest BCUT2D eigenvalue weighted by atomic mass is 10.1. The lowest BCUT2D eigenvalue weighted by molar-refractivity contribution is 0.102. The maximum Gasteiger partial charge on any atom is 0.276 e. The number of hydrogen-bond acceptors (Lipinski definition) is 4. The number of aromatic nitrogens is 2. The Hall–Kier alpha value is -3.28. The monoisotopic (exact) mass is 351 g/mol. The van der Waals surface area contributed by atoms with Crippen molar-refractivity contribution in [3.63, 3.8) is 0 Å². The van der Waals surface area contributed by atoms with E-state index in [4.69, 9.17) is 9.47 Å². The molecule has 3 rings (SSSR count). The second-order valence-corrected chi connectivity index (χ2v) is 5.65. The number of aryl methyl sites for hydroxylation is 1. The molecule has 2 aromatic carbocycles. The highest BCUT2D eigenvalue weighted by Gasteiger charge is 2.16. The first-order chi connectivity index (χ1) is 12.6. The Morgan fingerprint density at radius 2 is 1.96 bits per heavy atom. The van der Waals surface area contributed by atoms with Crippen molar-refractivity contribution in [3.8, 4) is 22.8 Å². The van der Waals surface area contributed by atoms with Crippen molar-refractivity contribution in [2.75, 3.05) is 19.0 Å². The summed E-state index contributed by atoms with van der Waals surface area (Å²) in [5.41, 5.74) is 2.70. The molecule has 1 N–H and O–H groups in total. The largest absolute Gasteiger partial charge is 0.497 e. The number of anilines is 1. The highest BCUT2D eigenvalue weighted by molar-refractivity contribution is 6.04. The van der Waals surface area contributed by atoms with Gasteiger partial charge in [-0.25, -0.2) is 0 Å². The molecule has 0 atom stereocenters. The summed E-state index contributed by atoms with van der Waals surface area (Å²) >= 11 is 0. The van der Waals surface area contributed by atoms with E-state index in [1.165, 1.54) is 0 Å². The molecule has 3 aromatic rings. The van der Waals surface area contributed by atoms with Gasteiger partial charge in [-0.2, -0.15) is 5.10 Å². The van der Waals surface area contributed by atoms with Crippen LogP contribution in [0.3, 0.4) is 0 Å². The Kier molecular flexibility index (Phi) is 5.22. The summed E-state index contributed by atoms with van der Waals surface area (Å²) in [6.45, 7) is 2.42. The summed E-state index contributed by atoms with van der Waals surface area (Å²) in [7, 11) is 3.43. The highest BCUT2D eigenvalue weighted by Crippen LogP contribution is 2.26. The molecule has 1 heterocycles. The number of benzene rings is 2. The first-order valence-electron chi connectivity index (χ1n) is 8.34. The minimum Gasteiger partial charge on any atom is -0.497 e. The van der Waals surface area contributed by atoms with E-state index in [-0.39, 0.29) is 5.91 Å². The number of rotatable bonds is 6. The second kappa shape index (κ2) is 7.74. The molecule has 0 spiro atoms. The Labute approximate surface area is 152 Å². The quantitative estimate of drug-likeness (QED) is 0.735. The smallest absolute Gasteiger partial charge is 0.276 e. The average molecular weight is 351 g/mol. The van der Waals surface area contributed by atoms with Gasteiger partial charge in [0.15, 0.2) is 5.69 Å². The van der Waals surface area contributed by atoms with E-state index < -0.39 is 0 Å². The van der Waals surface area contributed by atoms with Gasteiger partial charge in [-0.05, 0) is 37.3 Å². The predicted molar refractivity (Wildman–Crippen MR) is 101 cm³/mol. The molecule has 0 aliphatic heterocycles. The molecule has 26 heavy (non-hydrogen) atoms. The van der Waals surface area contributed by atoms with Crippen molar-refractivity contribution in [3.05, 3.63) is 60.3 Å². The van der Waals surface area contributed by atoms with Gasteiger partial charge in [-0.15, -0.1) is 0 Å². The third-order valence-corrected chi connectivity index (χ3v) is 3.91. The molecule has 0 aliphatic carbocycles. The van der Waals surface area contributed by atoms with Gasteiger partial charge >= 0.3 is 0 Å². The second-order valence-electron chi connectivity index (χ2n) is 5.65. The van der Waals surface area contributed by atoms with Gasteiger partial charge in [0.2, 0.25) is 0 Å². The molecule has 0 bridgehead atoms. The van der Waals surface area contributed by atoms with Crippen LogP contribution in [0.1, 0.15) is 17.4 Å². The van der Waals surface area contributed by atoms with Gasteiger partial charge < -0.3 is 14.8 Å². The number of nitrogens with one attached hydrogen (secondary N) is 1. The van der Waals surface area contributed by atoms with Crippen LogP contribution in [0.25, 0.3) is 11.3 Å². The average Bonchev–Trinajstić information content (AvgIpc) is 3.05. The molecular weight excluding hydrogens is 330 g/mol. The van der Waals surface area contributed by atoms with Crippen molar-refractivity contribution in [2.24, 2.45) is 7.05 Å². The Bertz CT molecular complexity index is 918. The number of methoxy groups -OCH3 is 1. The number of carbonyl (C=O) groups is 1. The number of ether oxygens (including phenoxy) is 2. The van der Waals surface area contributed by atoms with E-state index in [0.717, 1.165) is 17.0 Å². The minimum absolute atomic E-state index is 0.290. The number of para-hydroxylation sites is 2. The fourth-order valence-electron chi connectivity index (χ4n) is 2.67. The molecule has 134 valence electrons. The predicted octanol–water partition coefficient (Wildman–Crippen LogP) is 3.75. The van der Waals surface area contributed by atoms with Crippen LogP contribution < -0.4 is 14.8 Å². The van der Waals surface area contributed by atoms with E-state index in [1.54, 1.807) is 31.0 Å². The first kappa shape index (κ1) is 17.5. The Morgan fingerprint density at radius 3 is 2.73 bits per heavy atom. The third-order valence-electron chi connectivity index (χ3n) is 3.91. The summed E-state index contributed by atoms with van der Waals surface area (Å²) < 4.78 is 12.5. The zero-order chi connectivity index (χ0) is 18.5. The van der Waals surface area contributed by atoms with E-state index in [9.17, 15) is 4.79 Å². The van der Waals surface area contributed by atoms with Crippen LogP contribution in [0.2, 0.25) is 0 Å². The standard InChI is InChI=1S/C20H21N3O3/c1-4-26-19-11-6-5-10-16(19)21-20(24)17-13-18(23(2)22-17)14-8-7-9-15(12-14)25-3/h5-13H,4H2,1-3H3,(H,21,24). The molecule has 0 saturated carbocycles. The van der Waals surface area contributed by atoms with Gasteiger partial charge in [0.1, 0.15) is 11.5 Å². The van der Waals surface area contributed by atoms with Crippen molar-refractivity contribution in [2.45, 2.75) is 6.92 Å².